The summed E-state index contributed by atoms with van der Waals surface area (Å²) in [4.78, 5) is 22.4. The van der Waals surface area contributed by atoms with Crippen molar-refractivity contribution < 1.29 is 4.79 Å². The van der Waals surface area contributed by atoms with Crippen molar-refractivity contribution >= 4 is 12.0 Å². The van der Waals surface area contributed by atoms with Crippen LogP contribution in [-0.4, -0.2) is 33.9 Å². The first-order chi connectivity index (χ1) is 10.8. The van der Waals surface area contributed by atoms with Gasteiger partial charge in [-0.2, -0.15) is 0 Å². The standard InChI is InChI=1S/C18H17N3O/c22-17(16-13-19-9-10-20-16)21-11-7-18(8-12-21)6-5-14-3-1-2-4-15(14)18/h1-6,9-10,13H,7-8,11-12H2. The van der Waals surface area contributed by atoms with Gasteiger partial charge < -0.3 is 4.90 Å². The first-order valence-electron chi connectivity index (χ1n) is 7.63. The Bertz CT molecular complexity index is 731. The third kappa shape index (κ3) is 2.03. The first-order valence-corrected chi connectivity index (χ1v) is 7.63. The van der Waals surface area contributed by atoms with Gasteiger partial charge in [0.15, 0.2) is 0 Å². The second-order valence-corrected chi connectivity index (χ2v) is 5.96. The van der Waals surface area contributed by atoms with Crippen LogP contribution in [0.5, 0.6) is 0 Å². The molecule has 110 valence electrons. The van der Waals surface area contributed by atoms with Crippen LogP contribution in [0.2, 0.25) is 0 Å². The molecule has 1 aromatic heterocycles. The lowest BCUT2D eigenvalue weighted by atomic mass is 9.74. The van der Waals surface area contributed by atoms with Gasteiger partial charge in [-0.15, -0.1) is 0 Å². The summed E-state index contributed by atoms with van der Waals surface area (Å²) in [5.74, 6) is -0.0155. The van der Waals surface area contributed by atoms with Gasteiger partial charge in [0.1, 0.15) is 5.69 Å². The van der Waals surface area contributed by atoms with Crippen molar-refractivity contribution in [1.82, 2.24) is 14.9 Å². The molecule has 4 rings (SSSR count). The van der Waals surface area contributed by atoms with Gasteiger partial charge >= 0.3 is 0 Å². The van der Waals surface area contributed by atoms with Crippen LogP contribution in [0, 0.1) is 0 Å². The number of fused-ring (bicyclic) bond motifs is 2. The highest BCUT2D eigenvalue weighted by molar-refractivity contribution is 5.92. The lowest BCUT2D eigenvalue weighted by Crippen LogP contribution is -2.44. The Kier molecular flexibility index (Phi) is 3.03. The molecule has 0 N–H and O–H groups in total. The van der Waals surface area contributed by atoms with E-state index in [1.807, 2.05) is 4.90 Å². The Morgan fingerprint density at radius 3 is 2.73 bits per heavy atom. The fourth-order valence-electron chi connectivity index (χ4n) is 3.55. The van der Waals surface area contributed by atoms with Crippen LogP contribution in [0.4, 0.5) is 0 Å². The molecule has 2 aromatic rings. The Morgan fingerprint density at radius 1 is 1.14 bits per heavy atom. The Balaban J connectivity index is 1.52. The van der Waals surface area contributed by atoms with E-state index >= 15 is 0 Å². The third-order valence-corrected chi connectivity index (χ3v) is 4.80. The zero-order valence-corrected chi connectivity index (χ0v) is 12.3. The number of allylic oxidation sites excluding steroid dienone is 1. The molecule has 2 heterocycles. The topological polar surface area (TPSA) is 46.1 Å². The quantitative estimate of drug-likeness (QED) is 0.811. The minimum absolute atomic E-state index is 0.0155. The summed E-state index contributed by atoms with van der Waals surface area (Å²) < 4.78 is 0. The Morgan fingerprint density at radius 2 is 1.95 bits per heavy atom. The molecule has 0 radical (unpaired) electrons. The third-order valence-electron chi connectivity index (χ3n) is 4.80. The molecule has 4 nitrogen and oxygen atoms in total. The highest BCUT2D eigenvalue weighted by atomic mass is 16.2. The number of benzene rings is 1. The first kappa shape index (κ1) is 13.2. The molecule has 22 heavy (non-hydrogen) atoms. The molecule has 0 unspecified atom stereocenters. The lowest BCUT2D eigenvalue weighted by molar-refractivity contribution is 0.0684. The van der Waals surface area contributed by atoms with Gasteiger partial charge in [-0.1, -0.05) is 36.4 Å². The monoisotopic (exact) mass is 291 g/mol. The van der Waals surface area contributed by atoms with E-state index in [9.17, 15) is 4.79 Å². The molecule has 4 heteroatoms. The number of likely N-dealkylation sites (tertiary alicyclic amines) is 1. The van der Waals surface area contributed by atoms with Crippen molar-refractivity contribution in [2.45, 2.75) is 18.3 Å². The summed E-state index contributed by atoms with van der Waals surface area (Å²) in [7, 11) is 0. The van der Waals surface area contributed by atoms with E-state index in [0.717, 1.165) is 25.9 Å². The van der Waals surface area contributed by atoms with Gasteiger partial charge in [-0.25, -0.2) is 4.98 Å². The predicted molar refractivity (Wildman–Crippen MR) is 84.3 cm³/mol. The van der Waals surface area contributed by atoms with E-state index in [1.165, 1.54) is 17.3 Å². The second-order valence-electron chi connectivity index (χ2n) is 5.96. The van der Waals surface area contributed by atoms with Crippen molar-refractivity contribution in [2.75, 3.05) is 13.1 Å². The summed E-state index contributed by atoms with van der Waals surface area (Å²) >= 11 is 0. The van der Waals surface area contributed by atoms with E-state index < -0.39 is 0 Å². The largest absolute Gasteiger partial charge is 0.337 e. The Hall–Kier alpha value is -2.49. The highest BCUT2D eigenvalue weighted by Crippen LogP contribution is 2.43. The average Bonchev–Trinajstić information content (AvgIpc) is 2.95. The molecule has 0 bridgehead atoms. The summed E-state index contributed by atoms with van der Waals surface area (Å²) in [6, 6.07) is 8.56. The molecule has 0 saturated carbocycles. The summed E-state index contributed by atoms with van der Waals surface area (Å²) in [6.45, 7) is 1.52. The molecule has 2 aliphatic rings. The number of carbonyl (C=O) groups is 1. The van der Waals surface area contributed by atoms with Crippen LogP contribution >= 0.6 is 0 Å². The van der Waals surface area contributed by atoms with Gasteiger partial charge in [0.25, 0.3) is 5.91 Å². The predicted octanol–water partition coefficient (Wildman–Crippen LogP) is 2.68. The minimum Gasteiger partial charge on any atom is -0.337 e. The molecule has 1 saturated heterocycles. The van der Waals surface area contributed by atoms with Gasteiger partial charge in [0.2, 0.25) is 0 Å². The van der Waals surface area contributed by atoms with Crippen LogP contribution in [0.3, 0.4) is 0 Å². The highest BCUT2D eigenvalue weighted by Gasteiger charge is 2.39. The molecular formula is C18H17N3O. The molecular weight excluding hydrogens is 274 g/mol. The van der Waals surface area contributed by atoms with Crippen molar-refractivity contribution in [1.29, 1.82) is 0 Å². The fourth-order valence-corrected chi connectivity index (χ4v) is 3.55. The second kappa shape index (κ2) is 5.05. The van der Waals surface area contributed by atoms with Crippen LogP contribution in [0.15, 0.2) is 48.9 Å². The van der Waals surface area contributed by atoms with Crippen molar-refractivity contribution in [3.63, 3.8) is 0 Å². The molecule has 1 fully saturated rings. The molecule has 1 aliphatic carbocycles. The number of carbonyl (C=O) groups excluding carboxylic acids is 1. The number of hydrogen-bond donors (Lipinski definition) is 0. The molecule has 1 aliphatic heterocycles. The zero-order chi connectivity index (χ0) is 15.0. The van der Waals surface area contributed by atoms with Crippen molar-refractivity contribution in [2.24, 2.45) is 0 Å². The number of hydrogen-bond acceptors (Lipinski definition) is 3. The average molecular weight is 291 g/mol. The molecule has 1 amide bonds. The van der Waals surface area contributed by atoms with E-state index in [-0.39, 0.29) is 11.3 Å². The molecule has 0 atom stereocenters. The van der Waals surface area contributed by atoms with Crippen LogP contribution in [0.1, 0.15) is 34.5 Å². The fraction of sp³-hybridized carbons (Fsp3) is 0.278. The van der Waals surface area contributed by atoms with Gasteiger partial charge in [0, 0.05) is 30.9 Å². The number of piperidine rings is 1. The van der Waals surface area contributed by atoms with E-state index in [1.54, 1.807) is 12.4 Å². The van der Waals surface area contributed by atoms with E-state index in [0.29, 0.717) is 5.69 Å². The minimum atomic E-state index is -0.0155. The van der Waals surface area contributed by atoms with Crippen molar-refractivity contribution in [3.8, 4) is 0 Å². The van der Waals surface area contributed by atoms with Gasteiger partial charge in [-0.3, -0.25) is 9.78 Å². The zero-order valence-electron chi connectivity index (χ0n) is 12.3. The van der Waals surface area contributed by atoms with E-state index in [4.69, 9.17) is 0 Å². The smallest absolute Gasteiger partial charge is 0.274 e. The number of amides is 1. The maximum absolute atomic E-state index is 12.5. The number of nitrogens with zero attached hydrogens (tertiary/aromatic N) is 3. The van der Waals surface area contributed by atoms with Crippen molar-refractivity contribution in [3.05, 3.63) is 65.8 Å². The maximum Gasteiger partial charge on any atom is 0.274 e. The SMILES string of the molecule is O=C(c1cnccn1)N1CCC2(C=Cc3ccccc32)CC1. The summed E-state index contributed by atoms with van der Waals surface area (Å²) in [5.41, 5.74) is 3.26. The lowest BCUT2D eigenvalue weighted by Gasteiger charge is -2.39. The normalized spacial score (nSPS) is 18.5. The summed E-state index contributed by atoms with van der Waals surface area (Å²) in [6.07, 6.45) is 11.2. The maximum atomic E-state index is 12.5. The van der Waals surface area contributed by atoms with Gasteiger partial charge in [0.05, 0.1) is 6.20 Å². The molecule has 1 aromatic carbocycles. The van der Waals surface area contributed by atoms with Crippen LogP contribution < -0.4 is 0 Å². The number of aromatic nitrogens is 2. The van der Waals surface area contributed by atoms with Crippen LogP contribution in [-0.2, 0) is 5.41 Å². The van der Waals surface area contributed by atoms with Gasteiger partial charge in [-0.05, 0) is 24.0 Å². The Labute approximate surface area is 129 Å². The van der Waals surface area contributed by atoms with Crippen LogP contribution in [0.25, 0.3) is 6.08 Å². The summed E-state index contributed by atoms with van der Waals surface area (Å²) in [5, 5.41) is 0. The number of rotatable bonds is 1. The van der Waals surface area contributed by atoms with E-state index in [2.05, 4.69) is 46.4 Å². The molecule has 1 spiro atoms.